The van der Waals surface area contributed by atoms with E-state index < -0.39 is 5.79 Å². The van der Waals surface area contributed by atoms with Crippen molar-refractivity contribution in [3.8, 4) is 5.75 Å². The van der Waals surface area contributed by atoms with E-state index in [1.807, 2.05) is 24.3 Å². The molecule has 3 heterocycles. The van der Waals surface area contributed by atoms with Gasteiger partial charge in [-0.2, -0.15) is 5.06 Å². The zero-order valence-corrected chi connectivity index (χ0v) is 20.6. The predicted molar refractivity (Wildman–Crippen MR) is 121 cm³/mol. The fourth-order valence-electron chi connectivity index (χ4n) is 5.13. The molecule has 8 nitrogen and oxygen atoms in total. The van der Waals surface area contributed by atoms with E-state index in [0.29, 0.717) is 26.1 Å². The highest BCUT2D eigenvalue weighted by Crippen LogP contribution is 2.49. The molecule has 184 valence electrons. The fourth-order valence-corrected chi connectivity index (χ4v) is 5.13. The van der Waals surface area contributed by atoms with Gasteiger partial charge in [0, 0.05) is 30.8 Å². The number of piperidine rings is 1. The molecule has 8 heteroatoms. The molecule has 0 N–H and O–H groups in total. The number of hydrogen-bond acceptors (Lipinski definition) is 8. The normalized spacial score (nSPS) is 28.4. The van der Waals surface area contributed by atoms with Gasteiger partial charge in [0.05, 0.1) is 13.2 Å². The Morgan fingerprint density at radius 1 is 1.06 bits per heavy atom. The standard InChI is InChI=1S/C25H37NO7/c1-17(19-7-9-20(10-8-19)29-11-21-12-30-21)33-26-23(3,4)15-25(16-24(26,5)6)31-14-22(32-25)13-28-18(2)27/h7-10,17,21-22H,11-16H2,1-6H3/t17?,21-,22?/m1/s1. The molecule has 4 rings (SSSR count). The maximum atomic E-state index is 11.2. The second-order valence-electron chi connectivity index (χ2n) is 10.6. The summed E-state index contributed by atoms with van der Waals surface area (Å²) in [5, 5.41) is 2.09. The van der Waals surface area contributed by atoms with Gasteiger partial charge < -0.3 is 23.7 Å². The molecule has 0 amide bonds. The van der Waals surface area contributed by atoms with Crippen molar-refractivity contribution >= 4 is 5.97 Å². The number of benzene rings is 1. The summed E-state index contributed by atoms with van der Waals surface area (Å²) in [6, 6.07) is 8.04. The predicted octanol–water partition coefficient (Wildman–Crippen LogP) is 3.78. The van der Waals surface area contributed by atoms with E-state index in [1.54, 1.807) is 0 Å². The first-order chi connectivity index (χ1) is 15.5. The lowest BCUT2D eigenvalue weighted by molar-refractivity contribution is -0.351. The molecule has 2 unspecified atom stereocenters. The van der Waals surface area contributed by atoms with Crippen molar-refractivity contribution < 1.29 is 33.3 Å². The third-order valence-corrected chi connectivity index (χ3v) is 6.34. The lowest BCUT2D eigenvalue weighted by Crippen LogP contribution is -2.65. The maximum Gasteiger partial charge on any atom is 0.302 e. The van der Waals surface area contributed by atoms with Crippen LogP contribution in [-0.4, -0.2) is 66.5 Å². The molecule has 0 aliphatic carbocycles. The molecule has 1 aromatic carbocycles. The van der Waals surface area contributed by atoms with Crippen molar-refractivity contribution in [1.29, 1.82) is 0 Å². The number of rotatable bonds is 8. The summed E-state index contributed by atoms with van der Waals surface area (Å²) in [5.41, 5.74) is 0.381. The Labute approximate surface area is 196 Å². The van der Waals surface area contributed by atoms with Crippen molar-refractivity contribution in [1.82, 2.24) is 5.06 Å². The smallest absolute Gasteiger partial charge is 0.302 e. The summed E-state index contributed by atoms with van der Waals surface area (Å²) in [6.07, 6.45) is 1.13. The van der Waals surface area contributed by atoms with Crippen LogP contribution in [0.4, 0.5) is 0 Å². The van der Waals surface area contributed by atoms with Crippen LogP contribution >= 0.6 is 0 Å². The molecule has 3 aliphatic heterocycles. The second kappa shape index (κ2) is 9.15. The zero-order chi connectivity index (χ0) is 23.9. The Balaban J connectivity index is 1.39. The molecule has 1 spiro atoms. The average Bonchev–Trinajstić information content (AvgIpc) is 3.48. The lowest BCUT2D eigenvalue weighted by Gasteiger charge is -2.56. The van der Waals surface area contributed by atoms with Gasteiger partial charge in [-0.05, 0) is 52.3 Å². The van der Waals surface area contributed by atoms with E-state index in [-0.39, 0.29) is 42.0 Å². The van der Waals surface area contributed by atoms with Crippen LogP contribution in [0.1, 0.15) is 66.1 Å². The van der Waals surface area contributed by atoms with E-state index in [1.165, 1.54) is 6.92 Å². The minimum atomic E-state index is -0.717. The van der Waals surface area contributed by atoms with Gasteiger partial charge in [0.2, 0.25) is 0 Å². The topological polar surface area (TPSA) is 79.0 Å². The van der Waals surface area contributed by atoms with Crippen molar-refractivity contribution in [2.45, 2.75) is 89.6 Å². The summed E-state index contributed by atoms with van der Waals surface area (Å²) in [4.78, 5) is 17.7. The number of hydroxylamine groups is 2. The highest BCUT2D eigenvalue weighted by Gasteiger charge is 2.58. The summed E-state index contributed by atoms with van der Waals surface area (Å²) >= 11 is 0. The third kappa shape index (κ3) is 5.87. The number of esters is 1. The highest BCUT2D eigenvalue weighted by atomic mass is 16.8. The van der Waals surface area contributed by atoms with Gasteiger partial charge in [0.1, 0.15) is 37.3 Å². The number of carbonyl (C=O) groups is 1. The Morgan fingerprint density at radius 2 is 1.70 bits per heavy atom. The minimum absolute atomic E-state index is 0.138. The summed E-state index contributed by atoms with van der Waals surface area (Å²) < 4.78 is 28.5. The van der Waals surface area contributed by atoms with Gasteiger partial charge in [-0.1, -0.05) is 12.1 Å². The van der Waals surface area contributed by atoms with Gasteiger partial charge in [-0.3, -0.25) is 9.63 Å². The number of ether oxygens (including phenoxy) is 5. The maximum absolute atomic E-state index is 11.2. The number of nitrogens with zero attached hydrogens (tertiary/aromatic N) is 1. The van der Waals surface area contributed by atoms with E-state index in [2.05, 4.69) is 39.7 Å². The molecule has 3 fully saturated rings. The monoisotopic (exact) mass is 463 g/mol. The molecule has 3 atom stereocenters. The molecule has 3 aliphatic rings. The first-order valence-corrected chi connectivity index (χ1v) is 11.7. The minimum Gasteiger partial charge on any atom is -0.491 e. The van der Waals surface area contributed by atoms with Gasteiger partial charge in [0.15, 0.2) is 5.79 Å². The van der Waals surface area contributed by atoms with Crippen LogP contribution in [0.15, 0.2) is 24.3 Å². The molecule has 33 heavy (non-hydrogen) atoms. The SMILES string of the molecule is CC(=O)OCC1COC2(CC(C)(C)N(OC(C)c3ccc(OC[C@@H]4CO4)cc3)C(C)(C)C2)O1. The van der Waals surface area contributed by atoms with Gasteiger partial charge in [-0.15, -0.1) is 0 Å². The van der Waals surface area contributed by atoms with Gasteiger partial charge >= 0.3 is 5.97 Å². The van der Waals surface area contributed by atoms with Crippen LogP contribution in [0.5, 0.6) is 5.75 Å². The van der Waals surface area contributed by atoms with Crippen molar-refractivity contribution in [2.24, 2.45) is 0 Å². The quantitative estimate of drug-likeness (QED) is 0.426. The molecule has 0 saturated carbocycles. The molecule has 1 aromatic rings. The average molecular weight is 464 g/mol. The van der Waals surface area contributed by atoms with Crippen LogP contribution in [0.3, 0.4) is 0 Å². The Hall–Kier alpha value is -1.71. The molecule has 0 radical (unpaired) electrons. The number of carbonyl (C=O) groups excluding carboxylic acids is 1. The molecular formula is C25H37NO7. The first-order valence-electron chi connectivity index (χ1n) is 11.7. The largest absolute Gasteiger partial charge is 0.491 e. The van der Waals surface area contributed by atoms with Crippen molar-refractivity contribution in [3.05, 3.63) is 29.8 Å². The molecule has 0 aromatic heterocycles. The summed E-state index contributed by atoms with van der Waals surface area (Å²) in [5.74, 6) is -0.194. The first kappa shape index (κ1) is 24.4. The molecule has 0 bridgehead atoms. The van der Waals surface area contributed by atoms with Crippen molar-refractivity contribution in [2.75, 3.05) is 26.4 Å². The molecule has 3 saturated heterocycles. The van der Waals surface area contributed by atoms with Crippen LogP contribution in [-0.2, 0) is 28.6 Å². The fraction of sp³-hybridized carbons (Fsp3) is 0.720. The molecular weight excluding hydrogens is 426 g/mol. The van der Waals surface area contributed by atoms with Crippen LogP contribution in [0, 0.1) is 0 Å². The lowest BCUT2D eigenvalue weighted by atomic mass is 9.78. The number of epoxide rings is 1. The Kier molecular flexibility index (Phi) is 6.77. The van der Waals surface area contributed by atoms with E-state index in [4.69, 9.17) is 28.5 Å². The van der Waals surface area contributed by atoms with Crippen LogP contribution < -0.4 is 4.74 Å². The second-order valence-corrected chi connectivity index (χ2v) is 10.6. The van der Waals surface area contributed by atoms with E-state index >= 15 is 0 Å². The van der Waals surface area contributed by atoms with Gasteiger partial charge in [0.25, 0.3) is 0 Å². The third-order valence-electron chi connectivity index (χ3n) is 6.34. The zero-order valence-electron chi connectivity index (χ0n) is 20.6. The highest BCUT2D eigenvalue weighted by molar-refractivity contribution is 5.65. The number of hydrogen-bond donors (Lipinski definition) is 0. The van der Waals surface area contributed by atoms with E-state index in [9.17, 15) is 4.79 Å². The van der Waals surface area contributed by atoms with Crippen LogP contribution in [0.25, 0.3) is 0 Å². The van der Waals surface area contributed by atoms with Crippen LogP contribution in [0.2, 0.25) is 0 Å². The van der Waals surface area contributed by atoms with Gasteiger partial charge in [-0.25, -0.2) is 0 Å². The Bertz CT molecular complexity index is 816. The van der Waals surface area contributed by atoms with E-state index in [0.717, 1.165) is 17.9 Å². The van der Waals surface area contributed by atoms with Crippen molar-refractivity contribution in [3.63, 3.8) is 0 Å². The summed E-state index contributed by atoms with van der Waals surface area (Å²) in [7, 11) is 0. The summed E-state index contributed by atoms with van der Waals surface area (Å²) in [6.45, 7) is 14.0. The Morgan fingerprint density at radius 3 is 2.27 bits per heavy atom.